The standard InChI is InChI=1S/C16H19O8P/c17-11-5-1-3-10(7-11)4-2-6-16(20,21)15-13(19)8-12(18)9-14(15)25(22,23)24/h1,3,5,7-9,17-21H,2,4,6H2,(H2,22,23,24). The number of aromatic hydroxyl groups is 3. The van der Waals surface area contributed by atoms with Gasteiger partial charge >= 0.3 is 7.60 Å². The minimum absolute atomic E-state index is 0.0664. The zero-order valence-electron chi connectivity index (χ0n) is 13.1. The fourth-order valence-corrected chi connectivity index (χ4v) is 3.50. The number of phenolic OH excluding ortho intramolecular Hbond substituents is 3. The molecule has 0 fully saturated rings. The quantitative estimate of drug-likeness (QED) is 0.290. The van der Waals surface area contributed by atoms with E-state index < -0.39 is 35.7 Å². The molecule has 0 aliphatic carbocycles. The second-order valence-corrected chi connectivity index (χ2v) is 7.31. The Kier molecular flexibility index (Phi) is 5.41. The molecule has 0 atom stereocenters. The van der Waals surface area contributed by atoms with Gasteiger partial charge < -0.3 is 35.3 Å². The summed E-state index contributed by atoms with van der Waals surface area (Å²) in [5, 5.41) is 48.3. The van der Waals surface area contributed by atoms with E-state index in [4.69, 9.17) is 0 Å². The Morgan fingerprint density at radius 3 is 2.24 bits per heavy atom. The van der Waals surface area contributed by atoms with E-state index in [0.29, 0.717) is 12.5 Å². The summed E-state index contributed by atoms with van der Waals surface area (Å²) in [4.78, 5) is 18.7. The predicted octanol–water partition coefficient (Wildman–Crippen LogP) is 0.767. The minimum atomic E-state index is -4.98. The minimum Gasteiger partial charge on any atom is -0.508 e. The Morgan fingerprint density at radius 1 is 0.960 bits per heavy atom. The first-order valence-corrected chi connectivity index (χ1v) is 8.97. The molecule has 8 nitrogen and oxygen atoms in total. The van der Waals surface area contributed by atoms with Gasteiger partial charge in [-0.2, -0.15) is 0 Å². The van der Waals surface area contributed by atoms with Gasteiger partial charge in [0.25, 0.3) is 0 Å². The molecule has 0 aliphatic heterocycles. The van der Waals surface area contributed by atoms with Crippen LogP contribution in [0.3, 0.4) is 0 Å². The first kappa shape index (κ1) is 19.2. The van der Waals surface area contributed by atoms with Crippen molar-refractivity contribution in [3.8, 4) is 17.2 Å². The van der Waals surface area contributed by atoms with Crippen LogP contribution in [0.25, 0.3) is 0 Å². The predicted molar refractivity (Wildman–Crippen MR) is 88.6 cm³/mol. The third-order valence-corrected chi connectivity index (χ3v) is 4.68. The van der Waals surface area contributed by atoms with E-state index in [9.17, 15) is 39.9 Å². The topological polar surface area (TPSA) is 159 Å². The van der Waals surface area contributed by atoms with Crippen molar-refractivity contribution in [2.75, 3.05) is 0 Å². The van der Waals surface area contributed by atoms with E-state index in [2.05, 4.69) is 0 Å². The van der Waals surface area contributed by atoms with Crippen LogP contribution in [0.2, 0.25) is 0 Å². The molecule has 0 bridgehead atoms. The van der Waals surface area contributed by atoms with Crippen LogP contribution in [0, 0.1) is 0 Å². The zero-order chi connectivity index (χ0) is 18.8. The summed E-state index contributed by atoms with van der Waals surface area (Å²) in [6.45, 7) is 0. The number of phenols is 3. The van der Waals surface area contributed by atoms with Crippen molar-refractivity contribution in [3.05, 3.63) is 47.5 Å². The smallest absolute Gasteiger partial charge is 0.356 e. The Morgan fingerprint density at radius 2 is 1.64 bits per heavy atom. The molecule has 0 aliphatic rings. The number of aryl methyl sites for hydroxylation is 1. The average Bonchev–Trinajstić information content (AvgIpc) is 2.44. The molecular weight excluding hydrogens is 351 g/mol. The van der Waals surface area contributed by atoms with E-state index in [1.165, 1.54) is 12.1 Å². The fourth-order valence-electron chi connectivity index (χ4n) is 2.61. The van der Waals surface area contributed by atoms with Crippen molar-refractivity contribution < 1.29 is 39.9 Å². The summed E-state index contributed by atoms with van der Waals surface area (Å²) in [6.07, 6.45) is 0.215. The molecule has 0 amide bonds. The van der Waals surface area contributed by atoms with Crippen molar-refractivity contribution in [1.82, 2.24) is 0 Å². The molecule has 9 heteroatoms. The maximum Gasteiger partial charge on any atom is 0.356 e. The molecule has 0 saturated carbocycles. The number of benzene rings is 2. The van der Waals surface area contributed by atoms with E-state index in [1.54, 1.807) is 12.1 Å². The third-order valence-electron chi connectivity index (χ3n) is 3.70. The maximum atomic E-state index is 11.6. The summed E-state index contributed by atoms with van der Waals surface area (Å²) in [6, 6.07) is 7.82. The van der Waals surface area contributed by atoms with Gasteiger partial charge in [0.1, 0.15) is 17.2 Å². The number of rotatable bonds is 6. The lowest BCUT2D eigenvalue weighted by molar-refractivity contribution is -0.175. The molecular formula is C16H19O8P. The molecule has 25 heavy (non-hydrogen) atoms. The summed E-state index contributed by atoms with van der Waals surface area (Å²) >= 11 is 0. The maximum absolute atomic E-state index is 11.6. The Balaban J connectivity index is 2.25. The van der Waals surface area contributed by atoms with Crippen LogP contribution in [-0.2, 0) is 16.8 Å². The van der Waals surface area contributed by atoms with Crippen LogP contribution in [0.15, 0.2) is 36.4 Å². The molecule has 0 radical (unpaired) electrons. The molecule has 7 N–H and O–H groups in total. The summed E-state index contributed by atoms with van der Waals surface area (Å²) < 4.78 is 11.6. The van der Waals surface area contributed by atoms with Crippen LogP contribution >= 0.6 is 7.60 Å². The molecule has 0 aromatic heterocycles. The summed E-state index contributed by atoms with van der Waals surface area (Å²) in [7, 11) is -4.98. The van der Waals surface area contributed by atoms with Crippen molar-refractivity contribution in [3.63, 3.8) is 0 Å². The fraction of sp³-hybridized carbons (Fsp3) is 0.250. The molecule has 2 aromatic carbocycles. The highest BCUT2D eigenvalue weighted by molar-refractivity contribution is 7.60. The zero-order valence-corrected chi connectivity index (χ0v) is 14.0. The molecule has 0 heterocycles. The van der Waals surface area contributed by atoms with Gasteiger partial charge in [0, 0.05) is 12.5 Å². The highest BCUT2D eigenvalue weighted by Crippen LogP contribution is 2.43. The molecule has 2 aromatic rings. The highest BCUT2D eigenvalue weighted by atomic mass is 31.2. The van der Waals surface area contributed by atoms with Crippen LogP contribution in [-0.4, -0.2) is 35.3 Å². The Labute approximate surface area is 143 Å². The van der Waals surface area contributed by atoms with Gasteiger partial charge in [0.15, 0.2) is 5.79 Å². The highest BCUT2D eigenvalue weighted by Gasteiger charge is 2.37. The molecule has 0 spiro atoms. The van der Waals surface area contributed by atoms with Crippen LogP contribution in [0.5, 0.6) is 17.2 Å². The van der Waals surface area contributed by atoms with Crippen molar-refractivity contribution >= 4 is 12.9 Å². The van der Waals surface area contributed by atoms with Gasteiger partial charge in [-0.15, -0.1) is 0 Å². The van der Waals surface area contributed by atoms with Gasteiger partial charge in [0.05, 0.1) is 10.9 Å². The number of hydrogen-bond acceptors (Lipinski definition) is 6. The summed E-state index contributed by atoms with van der Waals surface area (Å²) in [5.41, 5.74) is -0.00418. The largest absolute Gasteiger partial charge is 0.508 e. The van der Waals surface area contributed by atoms with Crippen molar-refractivity contribution in [1.29, 1.82) is 0 Å². The van der Waals surface area contributed by atoms with E-state index in [1.807, 2.05) is 0 Å². The van der Waals surface area contributed by atoms with E-state index in [-0.39, 0.29) is 18.6 Å². The first-order chi connectivity index (χ1) is 11.5. The lowest BCUT2D eigenvalue weighted by Gasteiger charge is -2.26. The average molecular weight is 370 g/mol. The van der Waals surface area contributed by atoms with Crippen LogP contribution in [0.4, 0.5) is 0 Å². The molecule has 0 unspecified atom stereocenters. The van der Waals surface area contributed by atoms with Crippen molar-refractivity contribution in [2.45, 2.75) is 25.0 Å². The molecule has 0 saturated heterocycles. The van der Waals surface area contributed by atoms with Gasteiger partial charge in [-0.25, -0.2) is 0 Å². The first-order valence-electron chi connectivity index (χ1n) is 7.36. The second-order valence-electron chi connectivity index (χ2n) is 5.74. The van der Waals surface area contributed by atoms with Gasteiger partial charge in [0.2, 0.25) is 0 Å². The summed E-state index contributed by atoms with van der Waals surface area (Å²) in [5.74, 6) is -4.10. The normalized spacial score (nSPS) is 12.3. The number of aliphatic hydroxyl groups is 2. The third kappa shape index (κ3) is 4.72. The van der Waals surface area contributed by atoms with E-state index >= 15 is 0 Å². The Hall–Kier alpha value is -2.09. The van der Waals surface area contributed by atoms with Gasteiger partial charge in [-0.1, -0.05) is 12.1 Å². The SMILES string of the molecule is O=P(O)(O)c1cc(O)cc(O)c1C(O)(O)CCCc1cccc(O)c1. The van der Waals surface area contributed by atoms with Gasteiger partial charge in [-0.3, -0.25) is 4.57 Å². The van der Waals surface area contributed by atoms with E-state index in [0.717, 1.165) is 11.6 Å². The number of hydrogen-bond donors (Lipinski definition) is 7. The van der Waals surface area contributed by atoms with Gasteiger partial charge in [-0.05, 0) is 36.6 Å². The van der Waals surface area contributed by atoms with Crippen molar-refractivity contribution in [2.24, 2.45) is 0 Å². The molecule has 136 valence electrons. The monoisotopic (exact) mass is 370 g/mol. The van der Waals surface area contributed by atoms with Crippen LogP contribution in [0.1, 0.15) is 24.0 Å². The molecule has 2 rings (SSSR count). The van der Waals surface area contributed by atoms with Crippen LogP contribution < -0.4 is 5.30 Å². The lowest BCUT2D eigenvalue weighted by Crippen LogP contribution is -2.31. The lowest BCUT2D eigenvalue weighted by atomic mass is 9.97. The second kappa shape index (κ2) is 7.03. The Bertz CT molecular complexity index is 812.